The monoisotopic (exact) mass is 245 g/mol. The molecule has 0 heterocycles. The number of rotatable bonds is 5. The third-order valence-corrected chi connectivity index (χ3v) is 3.71. The van der Waals surface area contributed by atoms with Gasteiger partial charge in [-0.15, -0.1) is 0 Å². The number of hydrogen-bond donors (Lipinski definition) is 1. The summed E-state index contributed by atoms with van der Waals surface area (Å²) < 4.78 is 6.74. The summed E-state index contributed by atoms with van der Waals surface area (Å²) in [5.41, 5.74) is 5.44. The van der Waals surface area contributed by atoms with Gasteiger partial charge in [-0.3, -0.25) is 0 Å². The Hall–Kier alpha value is -0.501. The molecule has 0 unspecified atom stereocenters. The van der Waals surface area contributed by atoms with Gasteiger partial charge in [0.1, 0.15) is 0 Å². The molecule has 0 spiro atoms. The van der Waals surface area contributed by atoms with Crippen LogP contribution in [0.2, 0.25) is 5.32 Å². The Labute approximate surface area is 85.6 Å². The quantitative estimate of drug-likeness (QED) is 0.777. The molecule has 2 nitrogen and oxygen atoms in total. The van der Waals surface area contributed by atoms with Crippen molar-refractivity contribution in [2.45, 2.75) is 12.2 Å². The Morgan fingerprint density at radius 1 is 1.31 bits per heavy atom. The fraction of sp³-hybridized carbons (Fsp3) is 0.400. The zero-order chi connectivity index (χ0) is 9.52. The van der Waals surface area contributed by atoms with E-state index in [1.165, 1.54) is 4.46 Å². The first-order chi connectivity index (χ1) is 6.36. The van der Waals surface area contributed by atoms with Crippen LogP contribution in [0.5, 0.6) is 5.75 Å². The van der Waals surface area contributed by atoms with Gasteiger partial charge in [0.15, 0.2) is 0 Å². The average molecular weight is 244 g/mol. The van der Waals surface area contributed by atoms with E-state index >= 15 is 0 Å². The minimum absolute atomic E-state index is 0.527. The normalized spacial score (nSPS) is 10.0. The molecular weight excluding hydrogens is 229 g/mol. The Morgan fingerprint density at radius 3 is 2.54 bits per heavy atom. The summed E-state index contributed by atoms with van der Waals surface area (Å²) in [5.74, 6) is 0.954. The van der Waals surface area contributed by atoms with Gasteiger partial charge in [0.2, 0.25) is 0 Å². The minimum atomic E-state index is 0.527. The molecule has 0 fully saturated rings. The van der Waals surface area contributed by atoms with Crippen molar-refractivity contribution in [2.75, 3.05) is 13.2 Å². The van der Waals surface area contributed by atoms with Crippen LogP contribution in [0.1, 0.15) is 6.92 Å². The molecule has 0 atom stereocenters. The van der Waals surface area contributed by atoms with E-state index in [0.29, 0.717) is 15.0 Å². The summed E-state index contributed by atoms with van der Waals surface area (Å²) in [5, 5.41) is 1.11. The molecule has 3 heteroatoms. The topological polar surface area (TPSA) is 35.2 Å². The fourth-order valence-electron chi connectivity index (χ4n) is 0.976. The van der Waals surface area contributed by atoms with Gasteiger partial charge in [0.05, 0.1) is 0 Å². The van der Waals surface area contributed by atoms with E-state index in [4.69, 9.17) is 10.5 Å². The summed E-state index contributed by atoms with van der Waals surface area (Å²) in [6.45, 7) is 3.51. The second-order valence-corrected chi connectivity index (χ2v) is 4.99. The molecule has 0 bridgehead atoms. The maximum absolute atomic E-state index is 5.44. The van der Waals surface area contributed by atoms with Crippen molar-refractivity contribution in [2.24, 2.45) is 5.73 Å². The number of hydrogen-bond acceptors (Lipinski definition) is 2. The van der Waals surface area contributed by atoms with Crippen LogP contribution in [0.3, 0.4) is 0 Å². The van der Waals surface area contributed by atoms with E-state index in [-0.39, 0.29) is 0 Å². The van der Waals surface area contributed by atoms with E-state index in [2.05, 4.69) is 12.1 Å². The van der Waals surface area contributed by atoms with Crippen LogP contribution in [0.15, 0.2) is 24.3 Å². The van der Waals surface area contributed by atoms with E-state index < -0.39 is 0 Å². The summed E-state index contributed by atoms with van der Waals surface area (Å²) in [7, 11) is 0. The first-order valence-electron chi connectivity index (χ1n) is 4.42. The van der Waals surface area contributed by atoms with Crippen molar-refractivity contribution >= 4 is 19.4 Å². The summed E-state index contributed by atoms with van der Waals surface area (Å²) >= 11 is 0.527. The van der Waals surface area contributed by atoms with Crippen LogP contribution in [-0.4, -0.2) is 28.1 Å². The molecule has 1 aromatic carbocycles. The zero-order valence-corrected chi connectivity index (χ0v) is 9.54. The van der Waals surface area contributed by atoms with Crippen molar-refractivity contribution in [1.82, 2.24) is 0 Å². The summed E-state index contributed by atoms with van der Waals surface area (Å²) in [4.78, 5) is 0. The molecule has 0 aromatic heterocycles. The molecule has 0 amide bonds. The number of benzene rings is 1. The van der Waals surface area contributed by atoms with Crippen molar-refractivity contribution < 1.29 is 4.74 Å². The predicted molar refractivity (Wildman–Crippen MR) is 56.9 cm³/mol. The van der Waals surface area contributed by atoms with E-state index in [1.807, 2.05) is 19.1 Å². The van der Waals surface area contributed by atoms with Gasteiger partial charge in [-0.05, 0) is 0 Å². The number of ether oxygens (including phenoxy) is 1. The van der Waals surface area contributed by atoms with Crippen molar-refractivity contribution in [3.05, 3.63) is 24.3 Å². The maximum atomic E-state index is 5.44. The van der Waals surface area contributed by atoms with Crippen molar-refractivity contribution in [1.29, 1.82) is 0 Å². The van der Waals surface area contributed by atoms with Crippen LogP contribution >= 0.6 is 0 Å². The first kappa shape index (κ1) is 10.6. The molecule has 1 aromatic rings. The third kappa shape index (κ3) is 3.81. The van der Waals surface area contributed by atoms with Gasteiger partial charge in [0.25, 0.3) is 0 Å². The van der Waals surface area contributed by atoms with E-state index in [0.717, 1.165) is 24.2 Å². The van der Waals surface area contributed by atoms with Gasteiger partial charge < -0.3 is 0 Å². The molecular formula is C10H15NOSe. The Balaban J connectivity index is 2.48. The summed E-state index contributed by atoms with van der Waals surface area (Å²) in [6.07, 6.45) is 0. The predicted octanol–water partition coefficient (Wildman–Crippen LogP) is 0.792. The molecule has 13 heavy (non-hydrogen) atoms. The molecule has 0 aliphatic heterocycles. The second kappa shape index (κ2) is 6.03. The molecule has 1 rings (SSSR count). The van der Waals surface area contributed by atoms with Gasteiger partial charge in [-0.1, -0.05) is 0 Å². The molecule has 0 saturated carbocycles. The van der Waals surface area contributed by atoms with Gasteiger partial charge in [-0.25, -0.2) is 0 Å². The average Bonchev–Trinajstić information content (AvgIpc) is 2.17. The van der Waals surface area contributed by atoms with Crippen LogP contribution in [0.25, 0.3) is 0 Å². The van der Waals surface area contributed by atoms with E-state index in [1.54, 1.807) is 0 Å². The Kier molecular flexibility index (Phi) is 4.91. The second-order valence-electron chi connectivity index (χ2n) is 2.54. The van der Waals surface area contributed by atoms with E-state index in [9.17, 15) is 0 Å². The first-order valence-corrected chi connectivity index (χ1v) is 6.49. The number of nitrogens with two attached hydrogens (primary N) is 1. The van der Waals surface area contributed by atoms with Gasteiger partial charge in [-0.2, -0.15) is 0 Å². The molecule has 0 aliphatic rings. The van der Waals surface area contributed by atoms with Crippen LogP contribution in [0.4, 0.5) is 0 Å². The van der Waals surface area contributed by atoms with Crippen LogP contribution < -0.4 is 14.9 Å². The van der Waals surface area contributed by atoms with Crippen LogP contribution in [-0.2, 0) is 0 Å². The SMILES string of the molecule is CCOc1ccc([Se]CCN)cc1. The molecule has 0 aliphatic carbocycles. The summed E-state index contributed by atoms with van der Waals surface area (Å²) in [6, 6.07) is 8.30. The standard InChI is InChI=1S/C10H15NOSe/c1-2-12-9-3-5-10(6-4-9)13-8-7-11/h3-6H,2,7-8,11H2,1H3. The van der Waals surface area contributed by atoms with Gasteiger partial charge in [0, 0.05) is 0 Å². The zero-order valence-electron chi connectivity index (χ0n) is 7.82. The Morgan fingerprint density at radius 2 is 2.00 bits per heavy atom. The molecule has 0 radical (unpaired) electrons. The van der Waals surface area contributed by atoms with Crippen molar-refractivity contribution in [3.8, 4) is 5.75 Å². The fourth-order valence-corrected chi connectivity index (χ4v) is 2.41. The third-order valence-electron chi connectivity index (χ3n) is 1.52. The van der Waals surface area contributed by atoms with Crippen molar-refractivity contribution in [3.63, 3.8) is 0 Å². The molecule has 2 N–H and O–H groups in total. The van der Waals surface area contributed by atoms with Crippen LogP contribution in [0, 0.1) is 0 Å². The Bertz CT molecular complexity index is 235. The molecule has 0 saturated heterocycles. The molecule has 72 valence electrons. The van der Waals surface area contributed by atoms with Gasteiger partial charge >= 0.3 is 85.3 Å².